The van der Waals surface area contributed by atoms with E-state index in [-0.39, 0.29) is 11.4 Å². The first kappa shape index (κ1) is 28.9. The van der Waals surface area contributed by atoms with Gasteiger partial charge in [-0.3, -0.25) is 10.6 Å². The predicted molar refractivity (Wildman–Crippen MR) is 158 cm³/mol. The number of benzene rings is 1. The lowest BCUT2D eigenvalue weighted by Gasteiger charge is -2.16. The van der Waals surface area contributed by atoms with E-state index in [0.29, 0.717) is 40.4 Å². The van der Waals surface area contributed by atoms with Crippen molar-refractivity contribution in [2.75, 3.05) is 30.1 Å². The number of carbonyl (C=O) groups excluding carboxylic acids is 2. The Balaban J connectivity index is 1.52. The van der Waals surface area contributed by atoms with Crippen molar-refractivity contribution in [3.63, 3.8) is 0 Å². The maximum absolute atomic E-state index is 13.1. The number of rotatable bonds is 7. The van der Waals surface area contributed by atoms with Gasteiger partial charge in [0.1, 0.15) is 23.1 Å². The Kier molecular flexibility index (Phi) is 8.41. The third-order valence-corrected chi connectivity index (χ3v) is 6.31. The van der Waals surface area contributed by atoms with E-state index < -0.39 is 6.03 Å². The topological polar surface area (TPSA) is 144 Å². The zero-order chi connectivity index (χ0) is 29.7. The van der Waals surface area contributed by atoms with Crippen LogP contribution in [0.25, 0.3) is 5.69 Å². The molecule has 0 saturated carbocycles. The maximum Gasteiger partial charge on any atom is 0.324 e. The quantitative estimate of drug-likeness (QED) is 0.225. The molecule has 0 aliphatic carbocycles. The number of nitrogens with one attached hydrogen (secondary N) is 4. The van der Waals surface area contributed by atoms with Gasteiger partial charge >= 0.3 is 12.1 Å². The number of hydrogen-bond donors (Lipinski definition) is 4. The number of anilines is 3. The zero-order valence-corrected chi connectivity index (χ0v) is 24.1. The van der Waals surface area contributed by atoms with E-state index in [1.54, 1.807) is 54.5 Å². The molecule has 0 radical (unpaired) electrons. The van der Waals surface area contributed by atoms with E-state index in [9.17, 15) is 9.59 Å². The molecule has 4 N–H and O–H groups in total. The van der Waals surface area contributed by atoms with Gasteiger partial charge in [-0.1, -0.05) is 20.8 Å². The molecule has 41 heavy (non-hydrogen) atoms. The first-order chi connectivity index (χ1) is 19.5. The number of aromatic nitrogens is 4. The highest BCUT2D eigenvalue weighted by molar-refractivity contribution is 6.00. The molecule has 3 aromatic heterocycles. The third kappa shape index (κ3) is 6.90. The number of urea groups is 2. The van der Waals surface area contributed by atoms with Crippen LogP contribution in [0.2, 0.25) is 0 Å². The molecule has 0 aliphatic heterocycles. The summed E-state index contributed by atoms with van der Waals surface area (Å²) in [5.41, 5.74) is 3.54. The van der Waals surface area contributed by atoms with Gasteiger partial charge < -0.3 is 20.1 Å². The number of ether oxygens (including phenoxy) is 2. The molecular formula is C29H34N8O4. The SMILES string of the molecule is CNC(=O)Nc1cc(Oc2ccc(NC(=O)Nc3cc(C(C)(C)C)nn3-c3ccc(OC)nc3)c(C)c2C)ccn1. The molecule has 0 aliphatic rings. The summed E-state index contributed by atoms with van der Waals surface area (Å²) in [5.74, 6) is 2.43. The van der Waals surface area contributed by atoms with Crippen LogP contribution in [-0.2, 0) is 5.41 Å². The molecule has 0 fully saturated rings. The van der Waals surface area contributed by atoms with Gasteiger partial charge in [0.05, 0.1) is 24.7 Å². The highest BCUT2D eigenvalue weighted by Gasteiger charge is 2.22. The third-order valence-electron chi connectivity index (χ3n) is 6.31. The van der Waals surface area contributed by atoms with E-state index in [2.05, 4.69) is 52.0 Å². The Bertz CT molecular complexity index is 1560. The Morgan fingerprint density at radius 3 is 2.34 bits per heavy atom. The molecule has 0 spiro atoms. The smallest absolute Gasteiger partial charge is 0.324 e. The minimum absolute atomic E-state index is 0.240. The summed E-state index contributed by atoms with van der Waals surface area (Å²) in [5, 5.41) is 15.7. The minimum atomic E-state index is -0.428. The van der Waals surface area contributed by atoms with Crippen LogP contribution in [0, 0.1) is 13.8 Å². The van der Waals surface area contributed by atoms with Crippen molar-refractivity contribution in [3.8, 4) is 23.1 Å². The summed E-state index contributed by atoms with van der Waals surface area (Å²) in [6.45, 7) is 9.96. The van der Waals surface area contributed by atoms with E-state index in [1.165, 1.54) is 7.05 Å². The van der Waals surface area contributed by atoms with Crippen molar-refractivity contribution in [3.05, 3.63) is 71.7 Å². The van der Waals surface area contributed by atoms with Crippen molar-refractivity contribution < 1.29 is 19.1 Å². The first-order valence-corrected chi connectivity index (χ1v) is 12.9. The monoisotopic (exact) mass is 558 g/mol. The molecule has 12 nitrogen and oxygen atoms in total. The number of carbonyl (C=O) groups is 2. The van der Waals surface area contributed by atoms with Crippen molar-refractivity contribution in [2.45, 2.75) is 40.0 Å². The van der Waals surface area contributed by atoms with Gasteiger partial charge in [-0.15, -0.1) is 0 Å². The van der Waals surface area contributed by atoms with Crippen LogP contribution in [0.15, 0.2) is 54.9 Å². The normalized spacial score (nSPS) is 11.0. The van der Waals surface area contributed by atoms with Gasteiger partial charge in [0, 0.05) is 42.5 Å². The molecule has 0 saturated heterocycles. The highest BCUT2D eigenvalue weighted by Crippen LogP contribution is 2.32. The number of hydrogen-bond acceptors (Lipinski definition) is 7. The van der Waals surface area contributed by atoms with Crippen molar-refractivity contribution in [1.29, 1.82) is 0 Å². The van der Waals surface area contributed by atoms with E-state index in [1.807, 2.05) is 26.0 Å². The average molecular weight is 559 g/mol. The van der Waals surface area contributed by atoms with Crippen molar-refractivity contribution >= 4 is 29.4 Å². The second-order valence-corrected chi connectivity index (χ2v) is 10.3. The second kappa shape index (κ2) is 11.9. The fraction of sp³-hybridized carbons (Fsp3) is 0.276. The van der Waals surface area contributed by atoms with Crippen LogP contribution >= 0.6 is 0 Å². The lowest BCUT2D eigenvalue weighted by Crippen LogP contribution is -2.24. The van der Waals surface area contributed by atoms with Crippen molar-refractivity contribution in [1.82, 2.24) is 25.1 Å². The molecule has 0 atom stereocenters. The van der Waals surface area contributed by atoms with Crippen LogP contribution in [-0.4, -0.2) is 46.0 Å². The summed E-state index contributed by atoms with van der Waals surface area (Å²) >= 11 is 0. The summed E-state index contributed by atoms with van der Waals surface area (Å²) < 4.78 is 12.9. The average Bonchev–Trinajstić information content (AvgIpc) is 3.37. The first-order valence-electron chi connectivity index (χ1n) is 12.9. The summed E-state index contributed by atoms with van der Waals surface area (Å²) in [6, 6.07) is 11.5. The molecule has 4 rings (SSSR count). The van der Waals surface area contributed by atoms with E-state index >= 15 is 0 Å². The predicted octanol–water partition coefficient (Wildman–Crippen LogP) is 5.77. The number of pyridine rings is 2. The summed E-state index contributed by atoms with van der Waals surface area (Å²) in [4.78, 5) is 33.1. The fourth-order valence-electron chi connectivity index (χ4n) is 3.81. The molecule has 4 aromatic rings. The number of nitrogens with zero attached hydrogens (tertiary/aromatic N) is 4. The molecule has 3 heterocycles. The Morgan fingerprint density at radius 1 is 0.902 bits per heavy atom. The maximum atomic E-state index is 13.1. The van der Waals surface area contributed by atoms with Crippen LogP contribution in [0.4, 0.5) is 26.9 Å². The largest absolute Gasteiger partial charge is 0.481 e. The molecule has 0 unspecified atom stereocenters. The van der Waals surface area contributed by atoms with E-state index in [4.69, 9.17) is 14.6 Å². The van der Waals surface area contributed by atoms with Crippen LogP contribution < -0.4 is 30.7 Å². The van der Waals surface area contributed by atoms with Gasteiger partial charge in [-0.05, 0) is 49.2 Å². The molecule has 0 bridgehead atoms. The van der Waals surface area contributed by atoms with E-state index in [0.717, 1.165) is 16.8 Å². The Labute approximate surface area is 238 Å². The van der Waals surface area contributed by atoms with Crippen LogP contribution in [0.5, 0.6) is 17.4 Å². The molecule has 214 valence electrons. The van der Waals surface area contributed by atoms with Gasteiger partial charge in [-0.2, -0.15) is 5.10 Å². The van der Waals surface area contributed by atoms with Crippen LogP contribution in [0.3, 0.4) is 0 Å². The second-order valence-electron chi connectivity index (χ2n) is 10.3. The molecule has 4 amide bonds. The zero-order valence-electron chi connectivity index (χ0n) is 24.1. The molecule has 1 aromatic carbocycles. The Morgan fingerprint density at radius 2 is 1.68 bits per heavy atom. The lowest BCUT2D eigenvalue weighted by molar-refractivity contribution is 0.254. The van der Waals surface area contributed by atoms with Crippen LogP contribution in [0.1, 0.15) is 37.6 Å². The molecule has 12 heteroatoms. The lowest BCUT2D eigenvalue weighted by atomic mass is 9.92. The van der Waals surface area contributed by atoms with Gasteiger partial charge in [-0.25, -0.2) is 24.2 Å². The fourth-order valence-corrected chi connectivity index (χ4v) is 3.81. The highest BCUT2D eigenvalue weighted by atomic mass is 16.5. The number of methoxy groups -OCH3 is 1. The Hall–Kier alpha value is -5.13. The summed E-state index contributed by atoms with van der Waals surface area (Å²) in [7, 11) is 3.07. The van der Waals surface area contributed by atoms with Gasteiger partial charge in [0.25, 0.3) is 0 Å². The summed E-state index contributed by atoms with van der Waals surface area (Å²) in [6.07, 6.45) is 3.18. The van der Waals surface area contributed by atoms with Crippen molar-refractivity contribution in [2.24, 2.45) is 0 Å². The van der Waals surface area contributed by atoms with Gasteiger partial charge in [0.2, 0.25) is 5.88 Å². The molecular weight excluding hydrogens is 524 g/mol. The standard InChI is InChI=1S/C29H34N8O4/c1-17-18(2)22(41-20-12-13-31-24(14-20)34-27(38)30-6)10-9-21(17)33-28(39)35-25-15-23(29(3,4)5)36-37(25)19-8-11-26(40-7)32-16-19/h8-16H,1-7H3,(H2,33,35,39)(H2,30,31,34,38). The van der Waals surface area contributed by atoms with Gasteiger partial charge in [0.15, 0.2) is 0 Å². The minimum Gasteiger partial charge on any atom is -0.481 e. The number of amides is 4.